The molecule has 0 unspecified atom stereocenters. The fraction of sp³-hybridized carbons (Fsp3) is 0.533. The van der Waals surface area contributed by atoms with Crippen LogP contribution in [0.3, 0.4) is 0 Å². The summed E-state index contributed by atoms with van der Waals surface area (Å²) in [5, 5.41) is 0. The summed E-state index contributed by atoms with van der Waals surface area (Å²) >= 11 is 0. The highest BCUT2D eigenvalue weighted by Gasteiger charge is 2.42. The van der Waals surface area contributed by atoms with Gasteiger partial charge in [0.1, 0.15) is 6.04 Å². The van der Waals surface area contributed by atoms with E-state index in [4.69, 9.17) is 0 Å². The van der Waals surface area contributed by atoms with Crippen molar-refractivity contribution in [2.45, 2.75) is 69.2 Å². The van der Waals surface area contributed by atoms with E-state index in [1.54, 1.807) is 5.56 Å². The molecule has 3 aliphatic heterocycles. The molecule has 1 atom stereocenters. The maximum Gasteiger partial charge on any atom is 0.246 e. The van der Waals surface area contributed by atoms with E-state index < -0.39 is 0 Å². The molecule has 184 valence electrons. The number of carbonyl (C=O) groups is 2. The van der Waals surface area contributed by atoms with Gasteiger partial charge in [0.25, 0.3) is 0 Å². The van der Waals surface area contributed by atoms with E-state index >= 15 is 0 Å². The van der Waals surface area contributed by atoms with Crippen LogP contribution in [0.4, 0.5) is 5.69 Å². The number of rotatable bonds is 4. The van der Waals surface area contributed by atoms with Crippen LogP contribution in [0.5, 0.6) is 0 Å². The number of fused-ring (bicyclic) bond motifs is 3. The molecule has 1 aliphatic carbocycles. The number of para-hydroxylation sites is 1. The molecular weight excluding hydrogens is 434 g/mol. The molecule has 0 radical (unpaired) electrons. The zero-order chi connectivity index (χ0) is 23.8. The summed E-state index contributed by atoms with van der Waals surface area (Å²) in [6.45, 7) is 4.53. The number of carbonyl (C=O) groups excluding carboxylic acids is 2. The number of likely N-dealkylation sites (tertiary alicyclic amines) is 2. The molecule has 0 bridgehead atoms. The highest BCUT2D eigenvalue weighted by Crippen LogP contribution is 2.46. The third-order valence-electron chi connectivity index (χ3n) is 9.11. The van der Waals surface area contributed by atoms with Gasteiger partial charge < -0.3 is 9.80 Å². The largest absolute Gasteiger partial charge is 0.341 e. The smallest absolute Gasteiger partial charge is 0.246 e. The molecule has 2 aromatic rings. The lowest BCUT2D eigenvalue weighted by atomic mass is 9.74. The molecule has 3 heterocycles. The number of hydrogen-bond acceptors (Lipinski definition) is 3. The second-order valence-electron chi connectivity index (χ2n) is 11.0. The Labute approximate surface area is 209 Å². The highest BCUT2D eigenvalue weighted by molar-refractivity contribution is 6.03. The summed E-state index contributed by atoms with van der Waals surface area (Å²) < 4.78 is 0. The number of anilines is 1. The van der Waals surface area contributed by atoms with Crippen molar-refractivity contribution in [2.75, 3.05) is 37.6 Å². The van der Waals surface area contributed by atoms with Gasteiger partial charge in [0, 0.05) is 38.2 Å². The molecule has 35 heavy (non-hydrogen) atoms. The Hall–Kier alpha value is -2.66. The highest BCUT2D eigenvalue weighted by atomic mass is 16.2. The van der Waals surface area contributed by atoms with Crippen LogP contribution in [0.15, 0.2) is 48.5 Å². The van der Waals surface area contributed by atoms with Crippen LogP contribution in [-0.4, -0.2) is 60.4 Å². The fourth-order valence-corrected chi connectivity index (χ4v) is 7.08. The molecular formula is C30H37N3O2. The Balaban J connectivity index is 1.11. The normalized spacial score (nSPS) is 23.4. The third-order valence-corrected chi connectivity index (χ3v) is 9.11. The molecule has 5 nitrogen and oxygen atoms in total. The first-order valence-electron chi connectivity index (χ1n) is 13.6. The minimum absolute atomic E-state index is 0.0943. The first-order chi connectivity index (χ1) is 17.1. The van der Waals surface area contributed by atoms with E-state index in [-0.39, 0.29) is 17.9 Å². The van der Waals surface area contributed by atoms with Gasteiger partial charge in [0.15, 0.2) is 0 Å². The lowest BCUT2D eigenvalue weighted by Crippen LogP contribution is -2.51. The number of aryl methyl sites for hydroxylation is 1. The van der Waals surface area contributed by atoms with E-state index in [1.165, 1.54) is 37.7 Å². The van der Waals surface area contributed by atoms with Gasteiger partial charge in [-0.05, 0) is 86.2 Å². The molecule has 2 aromatic carbocycles. The van der Waals surface area contributed by atoms with E-state index in [1.807, 2.05) is 28.0 Å². The number of nitrogens with zero attached hydrogens (tertiary/aromatic N) is 3. The summed E-state index contributed by atoms with van der Waals surface area (Å²) in [7, 11) is 0. The first kappa shape index (κ1) is 22.8. The van der Waals surface area contributed by atoms with Crippen molar-refractivity contribution >= 4 is 17.5 Å². The van der Waals surface area contributed by atoms with Crippen LogP contribution < -0.4 is 4.90 Å². The van der Waals surface area contributed by atoms with Gasteiger partial charge >= 0.3 is 0 Å². The zero-order valence-corrected chi connectivity index (χ0v) is 20.8. The molecule has 0 aromatic heterocycles. The Bertz CT molecular complexity index is 1100. The first-order valence-corrected chi connectivity index (χ1v) is 13.6. The minimum Gasteiger partial charge on any atom is -0.341 e. The van der Waals surface area contributed by atoms with Crippen LogP contribution in [0.2, 0.25) is 0 Å². The lowest BCUT2D eigenvalue weighted by Gasteiger charge is -2.40. The maximum absolute atomic E-state index is 13.6. The SMILES string of the molecule is O=C([C@@H]1Cc2ccccc2N1C(=O)CCN1CCC2(CCc3ccccc32)CC1)N1CCCCC1. The maximum atomic E-state index is 13.6. The number of benzene rings is 2. The van der Waals surface area contributed by atoms with Crippen LogP contribution in [0.25, 0.3) is 0 Å². The summed E-state index contributed by atoms with van der Waals surface area (Å²) in [5.41, 5.74) is 5.51. The standard InChI is InChI=1S/C30H37N3O2/c34-28(13-19-31-20-15-30(16-21-31)14-12-23-8-2-4-10-25(23)30)33-26-11-5-3-9-24(26)22-27(33)29(35)32-17-6-1-7-18-32/h2-5,8-11,27H,1,6-7,12-22H2/t27-/m0/s1. The van der Waals surface area contributed by atoms with E-state index in [9.17, 15) is 9.59 Å². The van der Waals surface area contributed by atoms with Gasteiger partial charge in [-0.1, -0.05) is 42.5 Å². The van der Waals surface area contributed by atoms with E-state index in [0.29, 0.717) is 18.3 Å². The quantitative estimate of drug-likeness (QED) is 0.667. The molecule has 2 amide bonds. The van der Waals surface area contributed by atoms with Crippen molar-refractivity contribution in [1.82, 2.24) is 9.80 Å². The molecule has 6 rings (SSSR count). The van der Waals surface area contributed by atoms with Gasteiger partial charge in [0.2, 0.25) is 11.8 Å². The van der Waals surface area contributed by atoms with Crippen molar-refractivity contribution in [3.05, 3.63) is 65.2 Å². The second-order valence-corrected chi connectivity index (χ2v) is 11.0. The van der Waals surface area contributed by atoms with Gasteiger partial charge in [-0.2, -0.15) is 0 Å². The van der Waals surface area contributed by atoms with Crippen LogP contribution in [0, 0.1) is 0 Å². The summed E-state index contributed by atoms with van der Waals surface area (Å²) in [5.74, 6) is 0.228. The van der Waals surface area contributed by atoms with Crippen LogP contribution in [-0.2, 0) is 27.8 Å². The summed E-state index contributed by atoms with van der Waals surface area (Å²) in [6.07, 6.45) is 9.28. The van der Waals surface area contributed by atoms with Crippen molar-refractivity contribution in [1.29, 1.82) is 0 Å². The molecule has 0 saturated carbocycles. The Kier molecular flexibility index (Phi) is 6.13. The Morgan fingerprint density at radius 3 is 2.34 bits per heavy atom. The second kappa shape index (κ2) is 9.42. The summed E-state index contributed by atoms with van der Waals surface area (Å²) in [4.78, 5) is 33.3. The predicted octanol–water partition coefficient (Wildman–Crippen LogP) is 4.33. The fourth-order valence-electron chi connectivity index (χ4n) is 7.08. The van der Waals surface area contributed by atoms with E-state index in [2.05, 4.69) is 35.2 Å². The Morgan fingerprint density at radius 1 is 0.829 bits per heavy atom. The van der Waals surface area contributed by atoms with Crippen LogP contribution in [0.1, 0.15) is 61.6 Å². The molecule has 4 aliphatic rings. The van der Waals surface area contributed by atoms with Crippen molar-refractivity contribution in [3.63, 3.8) is 0 Å². The average molecular weight is 472 g/mol. The number of amides is 2. The van der Waals surface area contributed by atoms with Gasteiger partial charge in [-0.25, -0.2) is 0 Å². The third kappa shape index (κ3) is 4.18. The molecule has 2 fully saturated rings. The number of piperidine rings is 2. The zero-order valence-electron chi connectivity index (χ0n) is 20.8. The van der Waals surface area contributed by atoms with Crippen LogP contribution >= 0.6 is 0 Å². The monoisotopic (exact) mass is 471 g/mol. The van der Waals surface area contributed by atoms with Gasteiger partial charge in [-0.15, -0.1) is 0 Å². The molecule has 0 N–H and O–H groups in total. The predicted molar refractivity (Wildman–Crippen MR) is 139 cm³/mol. The average Bonchev–Trinajstić information content (AvgIpc) is 3.48. The molecule has 5 heteroatoms. The number of hydrogen-bond donors (Lipinski definition) is 0. The summed E-state index contributed by atoms with van der Waals surface area (Å²) in [6, 6.07) is 16.7. The van der Waals surface area contributed by atoms with Gasteiger partial charge in [0.05, 0.1) is 0 Å². The lowest BCUT2D eigenvalue weighted by molar-refractivity contribution is -0.135. The minimum atomic E-state index is -0.377. The van der Waals surface area contributed by atoms with Gasteiger partial charge in [-0.3, -0.25) is 14.5 Å². The van der Waals surface area contributed by atoms with E-state index in [0.717, 1.165) is 56.8 Å². The molecule has 1 spiro atoms. The Morgan fingerprint density at radius 2 is 1.54 bits per heavy atom. The molecule has 2 saturated heterocycles. The van der Waals surface area contributed by atoms with Crippen molar-refractivity contribution in [3.8, 4) is 0 Å². The van der Waals surface area contributed by atoms with Crippen molar-refractivity contribution in [2.24, 2.45) is 0 Å². The topological polar surface area (TPSA) is 43.9 Å². The van der Waals surface area contributed by atoms with Crippen molar-refractivity contribution < 1.29 is 9.59 Å².